The molecule has 1 amide bonds. The van der Waals surface area contributed by atoms with Gasteiger partial charge in [0.25, 0.3) is 0 Å². The third kappa shape index (κ3) is 6.56. The smallest absolute Gasteiger partial charge is 0.227 e. The zero-order valence-corrected chi connectivity index (χ0v) is 26.9. The molecule has 0 aliphatic carbocycles. The molecule has 216 valence electrons. The summed E-state index contributed by atoms with van der Waals surface area (Å²) in [7, 11) is 1.49. The van der Waals surface area contributed by atoms with Gasteiger partial charge in [-0.1, -0.05) is 45.4 Å². The van der Waals surface area contributed by atoms with Gasteiger partial charge in [-0.2, -0.15) is 5.26 Å². The van der Waals surface area contributed by atoms with Crippen molar-refractivity contribution < 1.29 is 9.22 Å². The van der Waals surface area contributed by atoms with Gasteiger partial charge in [-0.05, 0) is 59.6 Å². The first-order valence-corrected chi connectivity index (χ1v) is 17.0. The second-order valence-corrected chi connectivity index (χ2v) is 17.9. The molecule has 0 saturated heterocycles. The molecule has 0 fully saturated rings. The summed E-state index contributed by atoms with van der Waals surface area (Å²) in [5.74, 6) is 0.339. The quantitative estimate of drug-likeness (QED) is 0.280. The zero-order valence-electron chi connectivity index (χ0n) is 25.1. The number of nitrogens with zero attached hydrogens (tertiary/aromatic N) is 4. The minimum Gasteiger partial charge on any atom is -0.416 e. The zero-order chi connectivity index (χ0) is 30.2. The molecule has 10 heteroatoms. The summed E-state index contributed by atoms with van der Waals surface area (Å²) in [5.41, 5.74) is 5.13. The number of fused-ring (bicyclic) bond motifs is 1. The summed E-state index contributed by atoms with van der Waals surface area (Å²) in [6.45, 7) is 14.7. The molecule has 0 bridgehead atoms. The molecule has 1 aliphatic rings. The summed E-state index contributed by atoms with van der Waals surface area (Å²) < 4.78 is 6.65. The van der Waals surface area contributed by atoms with Crippen LogP contribution in [0, 0.1) is 11.3 Å². The van der Waals surface area contributed by atoms with E-state index in [0.29, 0.717) is 41.1 Å². The topological polar surface area (TPSA) is 103 Å². The number of anilines is 3. The summed E-state index contributed by atoms with van der Waals surface area (Å²) in [6.07, 6.45) is 1.89. The number of hydrogen-bond acceptors (Lipinski definition) is 7. The van der Waals surface area contributed by atoms with E-state index in [0.717, 1.165) is 22.4 Å². The number of carbonyl (C=O) groups is 1. The lowest BCUT2D eigenvalue weighted by atomic mass is 9.83. The first kappa shape index (κ1) is 30.5. The molecule has 1 aliphatic heterocycles. The van der Waals surface area contributed by atoms with E-state index in [1.165, 1.54) is 0 Å². The summed E-state index contributed by atoms with van der Waals surface area (Å²) in [5, 5.41) is 17.4. The fraction of sp³-hybridized carbons (Fsp3) is 0.419. The summed E-state index contributed by atoms with van der Waals surface area (Å²) >= 11 is 6.28. The van der Waals surface area contributed by atoms with Gasteiger partial charge in [-0.15, -0.1) is 0 Å². The van der Waals surface area contributed by atoms with Gasteiger partial charge in [-0.3, -0.25) is 4.79 Å². The Morgan fingerprint density at radius 2 is 1.98 bits per heavy atom. The van der Waals surface area contributed by atoms with Crippen molar-refractivity contribution in [2.75, 3.05) is 37.9 Å². The SMILES string of the molecule is CN(C)C(=O)Cc1ccc(Cl)cc1Nc1nccc(-c2cc(C#N)c3c(c2)C(C)(CO[Si](C)(C)C(C)(C)C)CN3)n1. The van der Waals surface area contributed by atoms with Crippen LogP contribution in [0.5, 0.6) is 0 Å². The maximum Gasteiger partial charge on any atom is 0.227 e. The van der Waals surface area contributed by atoms with Crippen LogP contribution in [-0.4, -0.2) is 56.3 Å². The van der Waals surface area contributed by atoms with Gasteiger partial charge in [0.2, 0.25) is 11.9 Å². The number of halogens is 1. The first-order chi connectivity index (χ1) is 19.1. The van der Waals surface area contributed by atoms with Crippen LogP contribution in [0.4, 0.5) is 17.3 Å². The minimum atomic E-state index is -1.97. The van der Waals surface area contributed by atoms with E-state index in [-0.39, 0.29) is 22.8 Å². The van der Waals surface area contributed by atoms with E-state index in [2.05, 4.69) is 68.5 Å². The molecule has 41 heavy (non-hydrogen) atoms. The Labute approximate surface area is 249 Å². The molecule has 1 atom stereocenters. The van der Waals surface area contributed by atoms with Crippen molar-refractivity contribution in [3.8, 4) is 17.3 Å². The van der Waals surface area contributed by atoms with Crippen molar-refractivity contribution in [3.05, 3.63) is 64.3 Å². The summed E-state index contributed by atoms with van der Waals surface area (Å²) in [6, 6.07) is 13.5. The number of nitrogens with one attached hydrogen (secondary N) is 2. The van der Waals surface area contributed by atoms with Crippen LogP contribution < -0.4 is 10.6 Å². The van der Waals surface area contributed by atoms with E-state index in [1.807, 2.05) is 18.2 Å². The van der Waals surface area contributed by atoms with Gasteiger partial charge in [-0.25, -0.2) is 9.97 Å². The Morgan fingerprint density at radius 3 is 2.63 bits per heavy atom. The molecule has 3 aromatic rings. The maximum atomic E-state index is 12.4. The standard InChI is InChI=1S/C31H39ClN6O2Si/c1-30(2,3)41(7,8)40-19-31(4)18-35-28-22(17-33)13-21(14-24(28)31)25-11-12-34-29(36-25)37-26-16-23(32)10-9-20(26)15-27(39)38(5)6/h9-14,16,35H,15,18-19H2,1-8H3,(H,34,36,37). The lowest BCUT2D eigenvalue weighted by molar-refractivity contribution is -0.127. The van der Waals surface area contributed by atoms with Crippen molar-refractivity contribution in [3.63, 3.8) is 0 Å². The predicted molar refractivity (Wildman–Crippen MR) is 168 cm³/mol. The highest BCUT2D eigenvalue weighted by Gasteiger charge is 2.42. The predicted octanol–water partition coefficient (Wildman–Crippen LogP) is 6.75. The summed E-state index contributed by atoms with van der Waals surface area (Å²) in [4.78, 5) is 23.1. The number of amides is 1. The first-order valence-electron chi connectivity index (χ1n) is 13.7. The molecule has 2 N–H and O–H groups in total. The molecule has 2 heterocycles. The molecule has 0 spiro atoms. The molecule has 1 aromatic heterocycles. The van der Waals surface area contributed by atoms with Crippen molar-refractivity contribution in [2.24, 2.45) is 0 Å². The Hall–Kier alpha value is -3.45. The van der Waals surface area contributed by atoms with Gasteiger partial charge in [0, 0.05) is 55.1 Å². The second kappa shape index (κ2) is 11.4. The van der Waals surface area contributed by atoms with E-state index in [9.17, 15) is 10.1 Å². The molecule has 2 aromatic carbocycles. The van der Waals surface area contributed by atoms with Crippen LogP contribution in [0.1, 0.15) is 44.4 Å². The van der Waals surface area contributed by atoms with E-state index < -0.39 is 8.32 Å². The van der Waals surface area contributed by atoms with Gasteiger partial charge < -0.3 is 20.0 Å². The van der Waals surface area contributed by atoms with Gasteiger partial charge in [0.05, 0.1) is 23.4 Å². The van der Waals surface area contributed by atoms with Crippen LogP contribution in [0.3, 0.4) is 0 Å². The highest BCUT2D eigenvalue weighted by molar-refractivity contribution is 6.74. The average molecular weight is 591 g/mol. The molecule has 0 radical (unpaired) electrons. The molecule has 1 unspecified atom stereocenters. The second-order valence-electron chi connectivity index (χ2n) is 12.7. The molecular formula is C31H39ClN6O2Si. The van der Waals surface area contributed by atoms with Crippen molar-refractivity contribution >= 4 is 43.1 Å². The molecule has 8 nitrogen and oxygen atoms in total. The van der Waals surface area contributed by atoms with Crippen LogP contribution in [0.2, 0.25) is 23.2 Å². The van der Waals surface area contributed by atoms with Crippen LogP contribution in [-0.2, 0) is 21.1 Å². The molecule has 4 rings (SSSR count). The number of aromatic nitrogens is 2. The van der Waals surface area contributed by atoms with Gasteiger partial charge in [0.15, 0.2) is 8.32 Å². The number of nitriles is 1. The van der Waals surface area contributed by atoms with Gasteiger partial charge in [0.1, 0.15) is 6.07 Å². The van der Waals surface area contributed by atoms with Crippen molar-refractivity contribution in [1.82, 2.24) is 14.9 Å². The fourth-order valence-corrected chi connectivity index (χ4v) is 5.73. The van der Waals surface area contributed by atoms with E-state index in [1.54, 1.807) is 37.3 Å². The van der Waals surface area contributed by atoms with E-state index in [4.69, 9.17) is 21.0 Å². The Bertz CT molecular complexity index is 1510. The minimum absolute atomic E-state index is 0.0265. The van der Waals surface area contributed by atoms with Crippen molar-refractivity contribution in [2.45, 2.75) is 57.7 Å². The van der Waals surface area contributed by atoms with Gasteiger partial charge >= 0.3 is 0 Å². The van der Waals surface area contributed by atoms with Crippen molar-refractivity contribution in [1.29, 1.82) is 5.26 Å². The number of rotatable bonds is 8. The third-order valence-electron chi connectivity index (χ3n) is 8.23. The Morgan fingerprint density at radius 1 is 1.24 bits per heavy atom. The average Bonchev–Trinajstić information content (AvgIpc) is 3.24. The maximum absolute atomic E-state index is 12.4. The normalized spacial score (nSPS) is 16.5. The van der Waals surface area contributed by atoms with E-state index >= 15 is 0 Å². The number of likely N-dealkylation sites (N-methyl/N-ethyl adjacent to an activating group) is 1. The van der Waals surface area contributed by atoms with Crippen LogP contribution in [0.15, 0.2) is 42.6 Å². The Balaban J connectivity index is 1.67. The number of hydrogen-bond donors (Lipinski definition) is 2. The number of benzene rings is 2. The fourth-order valence-electron chi connectivity index (χ4n) is 4.45. The lowest BCUT2D eigenvalue weighted by Gasteiger charge is -2.39. The monoisotopic (exact) mass is 590 g/mol. The van der Waals surface area contributed by atoms with Crippen LogP contribution >= 0.6 is 11.6 Å². The highest BCUT2D eigenvalue weighted by Crippen LogP contribution is 2.44. The largest absolute Gasteiger partial charge is 0.416 e. The lowest BCUT2D eigenvalue weighted by Crippen LogP contribution is -2.45. The third-order valence-corrected chi connectivity index (χ3v) is 12.9. The van der Waals surface area contributed by atoms with Crippen LogP contribution in [0.25, 0.3) is 11.3 Å². The highest BCUT2D eigenvalue weighted by atomic mass is 35.5. The molecular weight excluding hydrogens is 552 g/mol. The number of carbonyl (C=O) groups excluding carboxylic acids is 1. The Kier molecular flexibility index (Phi) is 8.51. The molecule has 0 saturated carbocycles.